The van der Waals surface area contributed by atoms with Crippen molar-refractivity contribution in [3.63, 3.8) is 0 Å². The Morgan fingerprint density at radius 1 is 0.913 bits per heavy atom. The van der Waals surface area contributed by atoms with Crippen LogP contribution in [0.5, 0.6) is 0 Å². The van der Waals surface area contributed by atoms with Gasteiger partial charge in [0.2, 0.25) is 17.7 Å². The molecule has 0 aliphatic carbocycles. The number of ether oxygens (including phenoxy) is 1. The molecule has 4 aromatic rings. The van der Waals surface area contributed by atoms with E-state index < -0.39 is 35.1 Å². The maximum atomic E-state index is 14.7. The van der Waals surface area contributed by atoms with E-state index in [0.29, 0.717) is 25.1 Å². The fourth-order valence-corrected chi connectivity index (χ4v) is 8.28. The van der Waals surface area contributed by atoms with Crippen molar-refractivity contribution in [1.29, 1.82) is 0 Å². The van der Waals surface area contributed by atoms with Gasteiger partial charge in [-0.2, -0.15) is 0 Å². The van der Waals surface area contributed by atoms with Gasteiger partial charge in [0.25, 0.3) is 0 Å². The third-order valence-corrected chi connectivity index (χ3v) is 10.5. The van der Waals surface area contributed by atoms with Gasteiger partial charge in [-0.3, -0.25) is 14.4 Å². The first-order chi connectivity index (χ1) is 22.2. The van der Waals surface area contributed by atoms with E-state index in [0.717, 1.165) is 21.9 Å². The zero-order valence-electron chi connectivity index (χ0n) is 26.1. The molecule has 2 bridgehead atoms. The van der Waals surface area contributed by atoms with E-state index in [1.165, 1.54) is 4.90 Å². The number of hydrogen-bond donors (Lipinski definition) is 3. The van der Waals surface area contributed by atoms with E-state index in [4.69, 9.17) is 4.74 Å². The molecule has 7 rings (SSSR count). The Labute approximate surface area is 268 Å². The minimum atomic E-state index is -1.23. The number of carbonyl (C=O) groups is 3. The van der Waals surface area contributed by atoms with Gasteiger partial charge in [0, 0.05) is 12.2 Å². The molecule has 3 aliphatic rings. The minimum Gasteiger partial charge on any atom is -0.394 e. The SMILES string of the molecule is CC1CC23O[C@]1(C)[C@@H](C(=O)NCc1ccccc1)[C@H]2C(=O)N([C@@H](CO)Cc1ccccc1)C3C(=O)Nc1ccc2ccccc2c1. The zero-order chi connectivity index (χ0) is 32.1. The van der Waals surface area contributed by atoms with Crippen LogP contribution in [0, 0.1) is 17.8 Å². The molecule has 8 nitrogen and oxygen atoms in total. The summed E-state index contributed by atoms with van der Waals surface area (Å²) in [7, 11) is 0. The van der Waals surface area contributed by atoms with Crippen molar-refractivity contribution in [2.45, 2.75) is 56.5 Å². The molecule has 3 saturated heterocycles. The Kier molecular flexibility index (Phi) is 7.65. The monoisotopic (exact) mass is 617 g/mol. The van der Waals surface area contributed by atoms with E-state index in [2.05, 4.69) is 10.6 Å². The van der Waals surface area contributed by atoms with E-state index in [-0.39, 0.29) is 30.2 Å². The molecule has 0 saturated carbocycles. The minimum absolute atomic E-state index is 0.0957. The summed E-state index contributed by atoms with van der Waals surface area (Å²) in [6.07, 6.45) is 0.793. The lowest BCUT2D eigenvalue weighted by Gasteiger charge is -2.37. The van der Waals surface area contributed by atoms with Crippen molar-refractivity contribution < 1.29 is 24.2 Å². The maximum Gasteiger partial charge on any atom is 0.250 e. The lowest BCUT2D eigenvalue weighted by Crippen LogP contribution is -2.57. The first-order valence-electron chi connectivity index (χ1n) is 16.0. The van der Waals surface area contributed by atoms with Gasteiger partial charge in [0.15, 0.2) is 0 Å². The van der Waals surface area contributed by atoms with Crippen LogP contribution in [0.25, 0.3) is 10.8 Å². The number of amides is 3. The van der Waals surface area contributed by atoms with Gasteiger partial charge in [-0.25, -0.2) is 0 Å². The molecule has 3 unspecified atom stereocenters. The lowest BCUT2D eigenvalue weighted by atomic mass is 9.62. The summed E-state index contributed by atoms with van der Waals surface area (Å²) in [6.45, 7) is 3.90. The highest BCUT2D eigenvalue weighted by molar-refractivity contribution is 6.04. The van der Waals surface area contributed by atoms with Crippen molar-refractivity contribution in [3.8, 4) is 0 Å². The number of hydrogen-bond acceptors (Lipinski definition) is 5. The summed E-state index contributed by atoms with van der Waals surface area (Å²) in [5.41, 5.74) is 0.306. The number of aliphatic hydroxyl groups excluding tert-OH is 1. The van der Waals surface area contributed by atoms with Crippen LogP contribution in [0.1, 0.15) is 31.4 Å². The Morgan fingerprint density at radius 3 is 2.26 bits per heavy atom. The molecule has 0 radical (unpaired) electrons. The van der Waals surface area contributed by atoms with Crippen LogP contribution in [-0.2, 0) is 32.1 Å². The number of rotatable bonds is 9. The van der Waals surface area contributed by atoms with Crippen LogP contribution in [0.3, 0.4) is 0 Å². The van der Waals surface area contributed by atoms with Gasteiger partial charge < -0.3 is 25.4 Å². The molecule has 236 valence electrons. The van der Waals surface area contributed by atoms with Gasteiger partial charge in [-0.15, -0.1) is 0 Å². The summed E-state index contributed by atoms with van der Waals surface area (Å²) < 4.78 is 6.89. The average Bonchev–Trinajstić information content (AvgIpc) is 3.59. The number of nitrogens with one attached hydrogen (secondary N) is 2. The molecule has 4 aromatic carbocycles. The Hall–Kier alpha value is -4.53. The lowest BCUT2D eigenvalue weighted by molar-refractivity contribution is -0.149. The first kappa shape index (κ1) is 30.1. The van der Waals surface area contributed by atoms with E-state index in [9.17, 15) is 19.5 Å². The van der Waals surface area contributed by atoms with Gasteiger partial charge in [0.1, 0.15) is 11.6 Å². The molecule has 8 heteroatoms. The second kappa shape index (κ2) is 11.7. The summed E-state index contributed by atoms with van der Waals surface area (Å²) in [4.78, 5) is 44.8. The Balaban J connectivity index is 1.27. The summed E-state index contributed by atoms with van der Waals surface area (Å²) >= 11 is 0. The van der Waals surface area contributed by atoms with Crippen LogP contribution >= 0.6 is 0 Å². The average molecular weight is 618 g/mol. The zero-order valence-corrected chi connectivity index (χ0v) is 26.1. The molecular formula is C38H39N3O5. The molecular weight excluding hydrogens is 578 g/mol. The maximum absolute atomic E-state index is 14.7. The summed E-state index contributed by atoms with van der Waals surface area (Å²) in [6, 6.07) is 31.1. The number of likely N-dealkylation sites (tertiary alicyclic amines) is 1. The van der Waals surface area contributed by atoms with Crippen LogP contribution in [0.2, 0.25) is 0 Å². The van der Waals surface area contributed by atoms with Crippen LogP contribution in [0.4, 0.5) is 5.69 Å². The van der Waals surface area contributed by atoms with E-state index >= 15 is 0 Å². The normalized spacial score (nSPS) is 28.7. The third kappa shape index (κ3) is 4.87. The van der Waals surface area contributed by atoms with Crippen LogP contribution in [-0.4, -0.2) is 57.6 Å². The number of aliphatic hydroxyl groups is 1. The molecule has 3 N–H and O–H groups in total. The third-order valence-electron chi connectivity index (χ3n) is 10.5. The number of anilines is 1. The van der Waals surface area contributed by atoms with Crippen molar-refractivity contribution >= 4 is 34.2 Å². The Morgan fingerprint density at radius 2 is 1.57 bits per heavy atom. The number of fused-ring (bicyclic) bond motifs is 2. The highest BCUT2D eigenvalue weighted by Gasteiger charge is 2.80. The van der Waals surface area contributed by atoms with Crippen molar-refractivity contribution in [1.82, 2.24) is 10.2 Å². The molecule has 0 aromatic heterocycles. The topological polar surface area (TPSA) is 108 Å². The first-order valence-corrected chi connectivity index (χ1v) is 16.0. The largest absolute Gasteiger partial charge is 0.394 e. The highest BCUT2D eigenvalue weighted by Crippen LogP contribution is 2.65. The molecule has 3 fully saturated rings. The smallest absolute Gasteiger partial charge is 0.250 e. The van der Waals surface area contributed by atoms with Crippen LogP contribution < -0.4 is 10.6 Å². The van der Waals surface area contributed by atoms with Crippen LogP contribution in [0.15, 0.2) is 103 Å². The van der Waals surface area contributed by atoms with Gasteiger partial charge in [-0.05, 0) is 59.7 Å². The highest BCUT2D eigenvalue weighted by atomic mass is 16.5. The standard InChI is InChI=1S/C38H39N3O5/c1-24-21-38-32(31(37(24,2)46-38)34(43)39-22-26-13-7-4-8-14-26)36(45)41(30(23-42)19-25-11-5-3-6-12-25)33(38)35(44)40-29-18-17-27-15-9-10-16-28(27)20-29/h3-18,20,24,30-33,42H,19,21-23H2,1-2H3,(H,39,43)(H,40,44)/t24?,30-,31-,32+,33?,37+,38?/m1/s1. The fourth-order valence-electron chi connectivity index (χ4n) is 8.28. The van der Waals surface area contributed by atoms with Crippen molar-refractivity contribution in [3.05, 3.63) is 114 Å². The number of nitrogens with zero attached hydrogens (tertiary/aromatic N) is 1. The summed E-state index contributed by atoms with van der Waals surface area (Å²) in [5, 5.41) is 18.9. The second-order valence-electron chi connectivity index (χ2n) is 13.2. The molecule has 46 heavy (non-hydrogen) atoms. The summed E-state index contributed by atoms with van der Waals surface area (Å²) in [5.74, 6) is -2.76. The molecule has 3 amide bonds. The van der Waals surface area contributed by atoms with Gasteiger partial charge in [-0.1, -0.05) is 97.9 Å². The number of benzene rings is 4. The van der Waals surface area contributed by atoms with Gasteiger partial charge in [0.05, 0.1) is 30.1 Å². The number of carbonyl (C=O) groups excluding carboxylic acids is 3. The fraction of sp³-hybridized carbons (Fsp3) is 0.342. The Bertz CT molecular complexity index is 1780. The van der Waals surface area contributed by atoms with Crippen molar-refractivity contribution in [2.75, 3.05) is 11.9 Å². The molecule has 3 aliphatic heterocycles. The second-order valence-corrected chi connectivity index (χ2v) is 13.2. The van der Waals surface area contributed by atoms with Gasteiger partial charge >= 0.3 is 0 Å². The predicted molar refractivity (Wildman–Crippen MR) is 176 cm³/mol. The van der Waals surface area contributed by atoms with Crippen molar-refractivity contribution in [2.24, 2.45) is 17.8 Å². The molecule has 7 atom stereocenters. The quantitative estimate of drug-likeness (QED) is 0.252. The van der Waals surface area contributed by atoms with E-state index in [1.54, 1.807) is 0 Å². The van der Waals surface area contributed by atoms with E-state index in [1.807, 2.05) is 117 Å². The molecule has 1 spiro atoms. The molecule has 3 heterocycles. The predicted octanol–water partition coefficient (Wildman–Crippen LogP) is 4.71.